The Morgan fingerprint density at radius 2 is 2.00 bits per heavy atom. The standard InChI is InChI=1S/C10H15NO2/c1-4-11-9-6-5-8(12-2)7-10(9)13-3/h5-7,11H,4H2,1-3H3. The first-order chi connectivity index (χ1) is 6.31. The highest BCUT2D eigenvalue weighted by Crippen LogP contribution is 2.28. The molecule has 0 aromatic heterocycles. The molecule has 0 unspecified atom stereocenters. The lowest BCUT2D eigenvalue weighted by atomic mass is 10.2. The van der Waals surface area contributed by atoms with Crippen molar-refractivity contribution in [2.45, 2.75) is 6.92 Å². The number of benzene rings is 1. The van der Waals surface area contributed by atoms with E-state index in [0.717, 1.165) is 23.7 Å². The first-order valence-electron chi connectivity index (χ1n) is 4.27. The van der Waals surface area contributed by atoms with E-state index in [-0.39, 0.29) is 0 Å². The minimum atomic E-state index is 0.804. The van der Waals surface area contributed by atoms with Crippen molar-refractivity contribution in [2.75, 3.05) is 26.1 Å². The molecule has 0 bridgehead atoms. The monoisotopic (exact) mass is 181 g/mol. The molecular weight excluding hydrogens is 166 g/mol. The molecule has 0 fully saturated rings. The summed E-state index contributed by atoms with van der Waals surface area (Å²) < 4.78 is 10.3. The first kappa shape index (κ1) is 9.71. The zero-order valence-electron chi connectivity index (χ0n) is 8.26. The molecule has 1 rings (SSSR count). The van der Waals surface area contributed by atoms with Crippen molar-refractivity contribution in [3.8, 4) is 11.5 Å². The Hall–Kier alpha value is -1.38. The molecule has 1 N–H and O–H groups in total. The van der Waals surface area contributed by atoms with E-state index in [1.54, 1.807) is 14.2 Å². The molecule has 0 aliphatic rings. The third-order valence-corrected chi connectivity index (χ3v) is 1.78. The van der Waals surface area contributed by atoms with Crippen molar-refractivity contribution in [1.29, 1.82) is 0 Å². The molecule has 0 radical (unpaired) electrons. The fourth-order valence-electron chi connectivity index (χ4n) is 1.14. The first-order valence-corrected chi connectivity index (χ1v) is 4.27. The van der Waals surface area contributed by atoms with Gasteiger partial charge in [0, 0.05) is 12.6 Å². The summed E-state index contributed by atoms with van der Waals surface area (Å²) in [5.74, 6) is 1.61. The molecule has 0 saturated heterocycles. The maximum Gasteiger partial charge on any atom is 0.145 e. The van der Waals surface area contributed by atoms with Gasteiger partial charge in [0.15, 0.2) is 0 Å². The number of ether oxygens (including phenoxy) is 2. The number of methoxy groups -OCH3 is 2. The average Bonchev–Trinajstić information content (AvgIpc) is 2.19. The van der Waals surface area contributed by atoms with Gasteiger partial charge in [0.05, 0.1) is 19.9 Å². The highest BCUT2D eigenvalue weighted by atomic mass is 16.5. The fraction of sp³-hybridized carbons (Fsp3) is 0.400. The van der Waals surface area contributed by atoms with Crippen molar-refractivity contribution in [1.82, 2.24) is 0 Å². The van der Waals surface area contributed by atoms with Crippen LogP contribution in [0.2, 0.25) is 0 Å². The van der Waals surface area contributed by atoms with Crippen LogP contribution in [0.5, 0.6) is 11.5 Å². The predicted octanol–water partition coefficient (Wildman–Crippen LogP) is 2.14. The van der Waals surface area contributed by atoms with Crippen LogP contribution in [0.15, 0.2) is 18.2 Å². The van der Waals surface area contributed by atoms with Gasteiger partial charge in [-0.25, -0.2) is 0 Å². The summed E-state index contributed by atoms with van der Waals surface area (Å²) in [6, 6.07) is 5.71. The minimum absolute atomic E-state index is 0.804. The zero-order valence-corrected chi connectivity index (χ0v) is 8.26. The van der Waals surface area contributed by atoms with Crippen LogP contribution >= 0.6 is 0 Å². The molecule has 0 aliphatic heterocycles. The van der Waals surface area contributed by atoms with Crippen LogP contribution in [-0.4, -0.2) is 20.8 Å². The average molecular weight is 181 g/mol. The second-order valence-corrected chi connectivity index (χ2v) is 2.60. The van der Waals surface area contributed by atoms with Gasteiger partial charge in [0.2, 0.25) is 0 Å². The Kier molecular flexibility index (Phi) is 3.43. The van der Waals surface area contributed by atoms with Crippen molar-refractivity contribution in [3.63, 3.8) is 0 Å². The zero-order chi connectivity index (χ0) is 9.68. The molecule has 0 spiro atoms. The summed E-state index contributed by atoms with van der Waals surface area (Å²) in [5, 5.41) is 3.20. The molecule has 72 valence electrons. The number of hydrogen-bond donors (Lipinski definition) is 1. The molecule has 3 heteroatoms. The second kappa shape index (κ2) is 4.60. The Labute approximate surface area is 78.7 Å². The molecule has 1 aromatic rings. The Morgan fingerprint density at radius 1 is 1.23 bits per heavy atom. The van der Waals surface area contributed by atoms with Gasteiger partial charge in [-0.3, -0.25) is 0 Å². The second-order valence-electron chi connectivity index (χ2n) is 2.60. The van der Waals surface area contributed by atoms with Crippen LogP contribution < -0.4 is 14.8 Å². The maximum atomic E-state index is 5.20. The van der Waals surface area contributed by atoms with Gasteiger partial charge in [-0.1, -0.05) is 0 Å². The topological polar surface area (TPSA) is 30.5 Å². The van der Waals surface area contributed by atoms with Gasteiger partial charge in [-0.2, -0.15) is 0 Å². The van der Waals surface area contributed by atoms with E-state index in [1.807, 2.05) is 25.1 Å². The van der Waals surface area contributed by atoms with E-state index < -0.39 is 0 Å². The molecule has 0 amide bonds. The van der Waals surface area contributed by atoms with E-state index in [0.29, 0.717) is 0 Å². The van der Waals surface area contributed by atoms with Crippen LogP contribution in [-0.2, 0) is 0 Å². The summed E-state index contributed by atoms with van der Waals surface area (Å²) in [4.78, 5) is 0. The maximum absolute atomic E-state index is 5.20. The minimum Gasteiger partial charge on any atom is -0.497 e. The van der Waals surface area contributed by atoms with Crippen LogP contribution in [0, 0.1) is 0 Å². The molecule has 0 heterocycles. The van der Waals surface area contributed by atoms with Gasteiger partial charge < -0.3 is 14.8 Å². The summed E-state index contributed by atoms with van der Waals surface area (Å²) >= 11 is 0. The molecule has 0 aliphatic carbocycles. The molecule has 3 nitrogen and oxygen atoms in total. The quantitative estimate of drug-likeness (QED) is 0.771. The highest BCUT2D eigenvalue weighted by Gasteiger charge is 2.02. The van der Waals surface area contributed by atoms with E-state index in [9.17, 15) is 0 Å². The molecule has 0 saturated carbocycles. The van der Waals surface area contributed by atoms with Crippen LogP contribution in [0.1, 0.15) is 6.92 Å². The van der Waals surface area contributed by atoms with Crippen molar-refractivity contribution >= 4 is 5.69 Å². The highest BCUT2D eigenvalue weighted by molar-refractivity contribution is 5.59. The smallest absolute Gasteiger partial charge is 0.145 e. The largest absolute Gasteiger partial charge is 0.497 e. The van der Waals surface area contributed by atoms with Gasteiger partial charge in [-0.05, 0) is 19.1 Å². The van der Waals surface area contributed by atoms with Gasteiger partial charge >= 0.3 is 0 Å². The Balaban J connectivity index is 2.93. The summed E-state index contributed by atoms with van der Waals surface area (Å²) in [7, 11) is 3.29. The number of nitrogens with one attached hydrogen (secondary N) is 1. The lowest BCUT2D eigenvalue weighted by molar-refractivity contribution is 0.395. The Bertz CT molecular complexity index is 274. The number of anilines is 1. The van der Waals surface area contributed by atoms with Crippen LogP contribution in [0.3, 0.4) is 0 Å². The molecule has 1 aromatic carbocycles. The summed E-state index contributed by atoms with van der Waals surface area (Å²) in [6.45, 7) is 2.92. The third-order valence-electron chi connectivity index (χ3n) is 1.78. The van der Waals surface area contributed by atoms with Gasteiger partial charge in [-0.15, -0.1) is 0 Å². The number of rotatable bonds is 4. The van der Waals surface area contributed by atoms with Crippen LogP contribution in [0.4, 0.5) is 5.69 Å². The number of hydrogen-bond acceptors (Lipinski definition) is 3. The SMILES string of the molecule is CCNc1ccc(OC)cc1OC. The van der Waals surface area contributed by atoms with Crippen molar-refractivity contribution < 1.29 is 9.47 Å². The summed E-state index contributed by atoms with van der Waals surface area (Å²) in [6.07, 6.45) is 0. The lowest BCUT2D eigenvalue weighted by Crippen LogP contribution is -1.99. The van der Waals surface area contributed by atoms with Gasteiger partial charge in [0.1, 0.15) is 11.5 Å². The Morgan fingerprint density at radius 3 is 2.54 bits per heavy atom. The van der Waals surface area contributed by atoms with E-state index >= 15 is 0 Å². The van der Waals surface area contributed by atoms with E-state index in [1.165, 1.54) is 0 Å². The fourth-order valence-corrected chi connectivity index (χ4v) is 1.14. The van der Waals surface area contributed by atoms with Gasteiger partial charge in [0.25, 0.3) is 0 Å². The van der Waals surface area contributed by atoms with Crippen molar-refractivity contribution in [3.05, 3.63) is 18.2 Å². The third kappa shape index (κ3) is 2.28. The summed E-state index contributed by atoms with van der Waals surface area (Å²) in [5.41, 5.74) is 0.991. The lowest BCUT2D eigenvalue weighted by Gasteiger charge is -2.10. The predicted molar refractivity (Wildman–Crippen MR) is 53.7 cm³/mol. The van der Waals surface area contributed by atoms with E-state index in [4.69, 9.17) is 9.47 Å². The molecule has 0 atom stereocenters. The molecular formula is C10H15NO2. The van der Waals surface area contributed by atoms with E-state index in [2.05, 4.69) is 5.32 Å². The van der Waals surface area contributed by atoms with Crippen molar-refractivity contribution in [2.24, 2.45) is 0 Å². The van der Waals surface area contributed by atoms with Crippen LogP contribution in [0.25, 0.3) is 0 Å². The normalized spacial score (nSPS) is 9.46. The molecule has 13 heavy (non-hydrogen) atoms.